The van der Waals surface area contributed by atoms with E-state index in [1.807, 2.05) is 0 Å². The van der Waals surface area contributed by atoms with Gasteiger partial charge in [0.1, 0.15) is 23.0 Å². The van der Waals surface area contributed by atoms with E-state index >= 15 is 0 Å². The third-order valence-corrected chi connectivity index (χ3v) is 5.92. The molecule has 1 aliphatic heterocycles. The molecule has 1 aromatic carbocycles. The summed E-state index contributed by atoms with van der Waals surface area (Å²) in [5, 5.41) is 7.07. The van der Waals surface area contributed by atoms with Crippen LogP contribution in [0.1, 0.15) is 42.8 Å². The minimum Gasteiger partial charge on any atom is -0.399 e. The van der Waals surface area contributed by atoms with Gasteiger partial charge in [-0.05, 0) is 56.5 Å². The van der Waals surface area contributed by atoms with E-state index in [0.717, 1.165) is 25.0 Å². The number of fused-ring (bicyclic) bond motifs is 1. The number of nitrogens with one attached hydrogen (secondary N) is 2. The number of rotatable bonds is 5. The fourth-order valence-electron chi connectivity index (χ4n) is 4.09. The average Bonchev–Trinajstić information content (AvgIpc) is 2.77. The summed E-state index contributed by atoms with van der Waals surface area (Å²) in [6.45, 7) is 4.66. The van der Waals surface area contributed by atoms with Crippen LogP contribution in [0.5, 0.6) is 0 Å². The number of aryl methyl sites for hydroxylation is 2. The van der Waals surface area contributed by atoms with Crippen molar-refractivity contribution in [2.45, 2.75) is 44.9 Å². The molecule has 3 heterocycles. The number of alkyl halides is 3. The molecule has 1 saturated heterocycles. The number of halogens is 3. The summed E-state index contributed by atoms with van der Waals surface area (Å²) in [5.74, 6) is 0.836. The number of nitrogens with zero attached hydrogens (tertiary/aromatic N) is 3. The maximum atomic E-state index is 13.3. The number of nitrogens with two attached hydrogens (primary N) is 1. The Balaban J connectivity index is 1.73. The number of hydrogen-bond acceptors (Lipinski definition) is 7. The maximum absolute atomic E-state index is 13.3. The SMILES string of the molecule is Cc1nc(N[C@H](C)c2cc(N)cc(C(F)(F)F)c2)c2cc(NC3CCOCC3)c(=O)n(C)c2n1. The van der Waals surface area contributed by atoms with Crippen LogP contribution in [0, 0.1) is 6.92 Å². The van der Waals surface area contributed by atoms with Crippen LogP contribution in [0.4, 0.5) is 30.4 Å². The second-order valence-corrected chi connectivity index (χ2v) is 8.56. The van der Waals surface area contributed by atoms with Crippen molar-refractivity contribution in [1.29, 1.82) is 0 Å². The Labute approximate surface area is 194 Å². The normalized spacial score (nSPS) is 15.9. The van der Waals surface area contributed by atoms with E-state index in [-0.39, 0.29) is 17.3 Å². The first-order valence-electron chi connectivity index (χ1n) is 11.0. The molecule has 3 aromatic rings. The first kappa shape index (κ1) is 23.8. The molecule has 8 nitrogen and oxygen atoms in total. The lowest BCUT2D eigenvalue weighted by Gasteiger charge is -2.24. The Morgan fingerprint density at radius 2 is 1.88 bits per heavy atom. The van der Waals surface area contributed by atoms with Gasteiger partial charge in [0, 0.05) is 32.0 Å². The van der Waals surface area contributed by atoms with Crippen molar-refractivity contribution < 1.29 is 17.9 Å². The minimum absolute atomic E-state index is 0.0209. The van der Waals surface area contributed by atoms with Crippen LogP contribution in [0.25, 0.3) is 11.0 Å². The van der Waals surface area contributed by atoms with Crippen LogP contribution in [-0.4, -0.2) is 33.8 Å². The highest BCUT2D eigenvalue weighted by atomic mass is 19.4. The molecule has 1 fully saturated rings. The number of nitrogen functional groups attached to an aromatic ring is 1. The van der Waals surface area contributed by atoms with Gasteiger partial charge in [0.15, 0.2) is 0 Å². The molecule has 0 saturated carbocycles. The first-order valence-corrected chi connectivity index (χ1v) is 11.0. The van der Waals surface area contributed by atoms with Gasteiger partial charge < -0.3 is 21.1 Å². The number of pyridine rings is 1. The van der Waals surface area contributed by atoms with Gasteiger partial charge in [-0.15, -0.1) is 0 Å². The molecular formula is C23H27F3N6O2. The number of anilines is 3. The Kier molecular flexibility index (Phi) is 6.39. The molecule has 0 bridgehead atoms. The molecule has 4 N–H and O–H groups in total. The van der Waals surface area contributed by atoms with Crippen LogP contribution in [-0.2, 0) is 18.0 Å². The minimum atomic E-state index is -4.51. The lowest BCUT2D eigenvalue weighted by atomic mass is 10.0. The summed E-state index contributed by atoms with van der Waals surface area (Å²) < 4.78 is 46.7. The van der Waals surface area contributed by atoms with E-state index in [9.17, 15) is 18.0 Å². The monoisotopic (exact) mass is 476 g/mol. The molecule has 4 rings (SSSR count). The molecule has 1 atom stereocenters. The molecule has 182 valence electrons. The Morgan fingerprint density at radius 3 is 2.56 bits per heavy atom. The van der Waals surface area contributed by atoms with Crippen molar-refractivity contribution in [2.75, 3.05) is 29.6 Å². The summed E-state index contributed by atoms with van der Waals surface area (Å²) in [5.41, 5.74) is 5.92. The zero-order valence-corrected chi connectivity index (χ0v) is 19.2. The van der Waals surface area contributed by atoms with Gasteiger partial charge in [0.2, 0.25) is 0 Å². The molecule has 0 unspecified atom stereocenters. The first-order chi connectivity index (χ1) is 16.0. The fourth-order valence-corrected chi connectivity index (χ4v) is 4.09. The van der Waals surface area contributed by atoms with Crippen molar-refractivity contribution in [3.63, 3.8) is 0 Å². The predicted molar refractivity (Wildman–Crippen MR) is 125 cm³/mol. The Hall–Kier alpha value is -3.34. The fraction of sp³-hybridized carbons (Fsp3) is 0.435. The Bertz CT molecular complexity index is 1270. The van der Waals surface area contributed by atoms with Gasteiger partial charge in [0.25, 0.3) is 5.56 Å². The van der Waals surface area contributed by atoms with Crippen LogP contribution >= 0.6 is 0 Å². The van der Waals surface area contributed by atoms with Crippen molar-refractivity contribution in [3.05, 3.63) is 51.6 Å². The second-order valence-electron chi connectivity index (χ2n) is 8.56. The number of aromatic nitrogens is 3. The van der Waals surface area contributed by atoms with Gasteiger partial charge in [0.05, 0.1) is 17.0 Å². The van der Waals surface area contributed by atoms with Gasteiger partial charge in [-0.2, -0.15) is 13.2 Å². The van der Waals surface area contributed by atoms with E-state index in [0.29, 0.717) is 47.1 Å². The van der Waals surface area contributed by atoms with Crippen molar-refractivity contribution in [3.8, 4) is 0 Å². The lowest BCUT2D eigenvalue weighted by molar-refractivity contribution is -0.137. The van der Waals surface area contributed by atoms with Crippen molar-refractivity contribution >= 4 is 28.2 Å². The molecule has 1 aliphatic rings. The predicted octanol–water partition coefficient (Wildman–Crippen LogP) is 4.00. The smallest absolute Gasteiger partial charge is 0.399 e. The largest absolute Gasteiger partial charge is 0.416 e. The van der Waals surface area contributed by atoms with Crippen molar-refractivity contribution in [2.24, 2.45) is 7.05 Å². The summed E-state index contributed by atoms with van der Waals surface area (Å²) in [7, 11) is 1.63. The Morgan fingerprint density at radius 1 is 1.18 bits per heavy atom. The van der Waals surface area contributed by atoms with Gasteiger partial charge in [-0.1, -0.05) is 0 Å². The van der Waals surface area contributed by atoms with Crippen LogP contribution in [0.3, 0.4) is 0 Å². The van der Waals surface area contributed by atoms with Crippen LogP contribution in [0.15, 0.2) is 29.1 Å². The maximum Gasteiger partial charge on any atom is 0.416 e. The second kappa shape index (κ2) is 9.13. The van der Waals surface area contributed by atoms with Crippen molar-refractivity contribution in [1.82, 2.24) is 14.5 Å². The molecule has 11 heteroatoms. The zero-order chi connectivity index (χ0) is 24.6. The number of hydrogen-bond donors (Lipinski definition) is 3. The summed E-state index contributed by atoms with van der Waals surface area (Å²) in [6.07, 6.45) is -2.94. The van der Waals surface area contributed by atoms with Gasteiger partial charge in [-0.25, -0.2) is 9.97 Å². The molecule has 0 amide bonds. The number of ether oxygens (including phenoxy) is 1. The average molecular weight is 477 g/mol. The van der Waals surface area contributed by atoms with E-state index in [2.05, 4.69) is 20.6 Å². The topological polar surface area (TPSA) is 107 Å². The summed E-state index contributed by atoms with van der Waals surface area (Å²) in [4.78, 5) is 21.9. The zero-order valence-electron chi connectivity index (χ0n) is 19.2. The number of benzene rings is 1. The molecule has 34 heavy (non-hydrogen) atoms. The highest BCUT2D eigenvalue weighted by Crippen LogP contribution is 2.34. The van der Waals surface area contributed by atoms with E-state index in [1.165, 1.54) is 10.6 Å². The quantitative estimate of drug-likeness (QED) is 0.478. The van der Waals surface area contributed by atoms with Crippen LogP contribution < -0.4 is 21.9 Å². The summed E-state index contributed by atoms with van der Waals surface area (Å²) >= 11 is 0. The third-order valence-electron chi connectivity index (χ3n) is 5.92. The van der Waals surface area contributed by atoms with E-state index < -0.39 is 17.8 Å². The standard InChI is InChI=1S/C23H27F3N6O2/c1-12(14-8-15(23(24,25)26)10-16(27)9-14)28-20-18-11-19(31-17-4-6-34-7-5-17)22(33)32(3)21(18)30-13(2)29-20/h8-12,17,31H,4-7,27H2,1-3H3,(H,28,29,30)/t12-/m1/s1. The molecule has 0 radical (unpaired) electrons. The molecule has 2 aromatic heterocycles. The third kappa shape index (κ3) is 4.93. The van der Waals surface area contributed by atoms with E-state index in [4.69, 9.17) is 10.5 Å². The van der Waals surface area contributed by atoms with Crippen LogP contribution in [0.2, 0.25) is 0 Å². The van der Waals surface area contributed by atoms with Gasteiger partial charge in [-0.3, -0.25) is 9.36 Å². The molecule has 0 aliphatic carbocycles. The van der Waals surface area contributed by atoms with Gasteiger partial charge >= 0.3 is 6.18 Å². The summed E-state index contributed by atoms with van der Waals surface area (Å²) in [6, 6.07) is 4.72. The molecular weight excluding hydrogens is 449 g/mol. The highest BCUT2D eigenvalue weighted by Gasteiger charge is 2.31. The highest BCUT2D eigenvalue weighted by molar-refractivity contribution is 5.89. The van der Waals surface area contributed by atoms with E-state index in [1.54, 1.807) is 27.0 Å². The lowest BCUT2D eigenvalue weighted by Crippen LogP contribution is -2.32. The molecule has 0 spiro atoms.